The molecule has 0 amide bonds. The van der Waals surface area contributed by atoms with Gasteiger partial charge in [0.2, 0.25) is 10.0 Å². The van der Waals surface area contributed by atoms with Crippen LogP contribution in [0.4, 0.5) is 0 Å². The monoisotopic (exact) mass is 285 g/mol. The maximum atomic E-state index is 12.6. The molecule has 2 atom stereocenters. The lowest BCUT2D eigenvalue weighted by molar-refractivity contribution is 0.199. The van der Waals surface area contributed by atoms with Gasteiger partial charge < -0.3 is 5.11 Å². The third-order valence-corrected chi connectivity index (χ3v) is 5.43. The van der Waals surface area contributed by atoms with E-state index in [0.717, 1.165) is 6.42 Å². The molecule has 1 N–H and O–H groups in total. The molecule has 0 saturated heterocycles. The van der Waals surface area contributed by atoms with Crippen molar-refractivity contribution in [1.82, 2.24) is 4.31 Å². The predicted octanol–water partition coefficient (Wildman–Crippen LogP) is 2.55. The van der Waals surface area contributed by atoms with E-state index in [2.05, 4.69) is 0 Å². The summed E-state index contributed by atoms with van der Waals surface area (Å²) >= 11 is 0. The van der Waals surface area contributed by atoms with Crippen molar-refractivity contribution >= 4 is 10.0 Å². The Kier molecular flexibility index (Phi) is 5.52. The first-order chi connectivity index (χ1) is 8.84. The Bertz CT molecular complexity index is 511. The van der Waals surface area contributed by atoms with Crippen LogP contribution < -0.4 is 0 Å². The Morgan fingerprint density at radius 1 is 1.26 bits per heavy atom. The van der Waals surface area contributed by atoms with Crippen LogP contribution in [0.5, 0.6) is 0 Å². The number of aliphatic hydroxyl groups is 1. The topological polar surface area (TPSA) is 57.6 Å². The minimum atomic E-state index is -3.50. The second-order valence-electron chi connectivity index (χ2n) is 4.71. The molecule has 0 aliphatic carbocycles. The minimum absolute atomic E-state index is 0.0368. The minimum Gasteiger partial charge on any atom is -0.389 e. The highest BCUT2D eigenvalue weighted by molar-refractivity contribution is 7.89. The van der Waals surface area contributed by atoms with Crippen molar-refractivity contribution < 1.29 is 13.5 Å². The van der Waals surface area contributed by atoms with Crippen LogP contribution in [0.2, 0.25) is 0 Å². The molecule has 0 fully saturated rings. The van der Waals surface area contributed by atoms with Crippen LogP contribution >= 0.6 is 0 Å². The zero-order valence-corrected chi connectivity index (χ0v) is 12.8. The number of benzene rings is 1. The lowest BCUT2D eigenvalue weighted by Crippen LogP contribution is -2.38. The van der Waals surface area contributed by atoms with Crippen molar-refractivity contribution in [1.29, 1.82) is 0 Å². The SMILES string of the molecule is CCC(C)N(CC)S(=O)(=O)c1cccc(C(C)O)c1. The van der Waals surface area contributed by atoms with Gasteiger partial charge in [0.1, 0.15) is 0 Å². The Labute approximate surface area is 116 Å². The molecule has 2 unspecified atom stereocenters. The van der Waals surface area contributed by atoms with Gasteiger partial charge in [-0.05, 0) is 38.0 Å². The van der Waals surface area contributed by atoms with Gasteiger partial charge in [0.15, 0.2) is 0 Å². The highest BCUT2D eigenvalue weighted by atomic mass is 32.2. The van der Waals surface area contributed by atoms with Crippen molar-refractivity contribution in [2.75, 3.05) is 6.54 Å². The lowest BCUT2D eigenvalue weighted by Gasteiger charge is -2.26. The van der Waals surface area contributed by atoms with Crippen LogP contribution in [0.3, 0.4) is 0 Å². The van der Waals surface area contributed by atoms with Crippen molar-refractivity contribution in [2.24, 2.45) is 0 Å². The third kappa shape index (κ3) is 3.55. The van der Waals surface area contributed by atoms with E-state index in [9.17, 15) is 13.5 Å². The van der Waals surface area contributed by atoms with E-state index in [-0.39, 0.29) is 10.9 Å². The number of hydrogen-bond donors (Lipinski definition) is 1. The van der Waals surface area contributed by atoms with E-state index < -0.39 is 16.1 Å². The molecule has 0 aliphatic rings. The lowest BCUT2D eigenvalue weighted by atomic mass is 10.1. The zero-order chi connectivity index (χ0) is 14.6. The number of rotatable bonds is 6. The summed E-state index contributed by atoms with van der Waals surface area (Å²) in [5, 5.41) is 9.56. The number of hydrogen-bond acceptors (Lipinski definition) is 3. The van der Waals surface area contributed by atoms with Gasteiger partial charge in [-0.15, -0.1) is 0 Å². The number of aliphatic hydroxyl groups excluding tert-OH is 1. The molecule has 1 rings (SSSR count). The smallest absolute Gasteiger partial charge is 0.243 e. The first-order valence-electron chi connectivity index (χ1n) is 6.64. The number of sulfonamides is 1. The molecule has 1 aromatic rings. The molecular formula is C14H23NO3S. The average molecular weight is 285 g/mol. The van der Waals surface area contributed by atoms with Gasteiger partial charge in [-0.2, -0.15) is 4.31 Å². The van der Waals surface area contributed by atoms with Gasteiger partial charge in [-0.25, -0.2) is 8.42 Å². The molecule has 0 spiro atoms. The van der Waals surface area contributed by atoms with Gasteiger partial charge in [0.05, 0.1) is 11.0 Å². The summed E-state index contributed by atoms with van der Waals surface area (Å²) in [4.78, 5) is 0.244. The van der Waals surface area contributed by atoms with E-state index >= 15 is 0 Å². The van der Waals surface area contributed by atoms with Crippen molar-refractivity contribution in [3.05, 3.63) is 29.8 Å². The molecule has 0 bridgehead atoms. The number of nitrogens with zero attached hydrogens (tertiary/aromatic N) is 1. The van der Waals surface area contributed by atoms with Crippen LogP contribution in [0.1, 0.15) is 45.8 Å². The van der Waals surface area contributed by atoms with Crippen molar-refractivity contribution in [2.45, 2.75) is 51.2 Å². The molecule has 5 heteroatoms. The molecule has 4 nitrogen and oxygen atoms in total. The van der Waals surface area contributed by atoms with Gasteiger partial charge in [0.25, 0.3) is 0 Å². The summed E-state index contributed by atoms with van der Waals surface area (Å²) in [5.74, 6) is 0. The standard InChI is InChI=1S/C14H23NO3S/c1-5-11(3)15(6-2)19(17,18)14-9-7-8-13(10-14)12(4)16/h7-12,16H,5-6H2,1-4H3. The van der Waals surface area contributed by atoms with E-state index in [1.807, 2.05) is 20.8 Å². The molecule has 1 aromatic carbocycles. The molecule has 0 saturated carbocycles. The van der Waals surface area contributed by atoms with Crippen molar-refractivity contribution in [3.63, 3.8) is 0 Å². The highest BCUT2D eigenvalue weighted by Gasteiger charge is 2.27. The van der Waals surface area contributed by atoms with Gasteiger partial charge >= 0.3 is 0 Å². The molecule has 0 heterocycles. The molecule has 0 radical (unpaired) electrons. The fourth-order valence-electron chi connectivity index (χ4n) is 1.99. The molecule has 19 heavy (non-hydrogen) atoms. The van der Waals surface area contributed by atoms with Gasteiger partial charge in [-0.3, -0.25) is 0 Å². The second kappa shape index (κ2) is 6.50. The van der Waals surface area contributed by atoms with E-state index in [0.29, 0.717) is 12.1 Å². The van der Waals surface area contributed by atoms with Crippen LogP contribution in [0, 0.1) is 0 Å². The summed E-state index contributed by atoms with van der Waals surface area (Å²) in [6.45, 7) is 7.77. The van der Waals surface area contributed by atoms with Gasteiger partial charge in [-0.1, -0.05) is 26.0 Å². The third-order valence-electron chi connectivity index (χ3n) is 3.34. The average Bonchev–Trinajstić information content (AvgIpc) is 2.39. The largest absolute Gasteiger partial charge is 0.389 e. The first kappa shape index (κ1) is 16.1. The van der Waals surface area contributed by atoms with E-state index in [1.165, 1.54) is 4.31 Å². The second-order valence-corrected chi connectivity index (χ2v) is 6.60. The van der Waals surface area contributed by atoms with Crippen LogP contribution in [0.15, 0.2) is 29.2 Å². The zero-order valence-electron chi connectivity index (χ0n) is 12.0. The molecular weight excluding hydrogens is 262 g/mol. The van der Waals surface area contributed by atoms with Gasteiger partial charge in [0, 0.05) is 12.6 Å². The van der Waals surface area contributed by atoms with Crippen LogP contribution in [0.25, 0.3) is 0 Å². The summed E-state index contributed by atoms with van der Waals surface area (Å²) in [6.07, 6.45) is 0.0946. The molecule has 0 aromatic heterocycles. The van der Waals surface area contributed by atoms with Crippen molar-refractivity contribution in [3.8, 4) is 0 Å². The Morgan fingerprint density at radius 2 is 1.89 bits per heavy atom. The molecule has 0 aliphatic heterocycles. The Balaban J connectivity index is 3.22. The summed E-state index contributed by atoms with van der Waals surface area (Å²) in [7, 11) is -3.50. The predicted molar refractivity (Wildman–Crippen MR) is 76.4 cm³/mol. The Morgan fingerprint density at radius 3 is 2.37 bits per heavy atom. The summed E-state index contributed by atoms with van der Waals surface area (Å²) < 4.78 is 26.7. The maximum absolute atomic E-state index is 12.6. The first-order valence-corrected chi connectivity index (χ1v) is 8.08. The summed E-state index contributed by atoms with van der Waals surface area (Å²) in [6, 6.07) is 6.48. The highest BCUT2D eigenvalue weighted by Crippen LogP contribution is 2.22. The van der Waals surface area contributed by atoms with Crippen LogP contribution in [-0.4, -0.2) is 30.4 Å². The van der Waals surface area contributed by atoms with E-state index in [4.69, 9.17) is 0 Å². The maximum Gasteiger partial charge on any atom is 0.243 e. The quantitative estimate of drug-likeness (QED) is 0.874. The Hall–Kier alpha value is -0.910. The summed E-state index contributed by atoms with van der Waals surface area (Å²) in [5.41, 5.74) is 0.612. The fraction of sp³-hybridized carbons (Fsp3) is 0.571. The van der Waals surface area contributed by atoms with E-state index in [1.54, 1.807) is 31.2 Å². The normalized spacial score (nSPS) is 15.5. The molecule has 108 valence electrons. The van der Waals surface area contributed by atoms with Crippen LogP contribution in [-0.2, 0) is 10.0 Å². The fourth-order valence-corrected chi connectivity index (χ4v) is 3.76.